The zero-order valence-corrected chi connectivity index (χ0v) is 18.5. The summed E-state index contributed by atoms with van der Waals surface area (Å²) in [6, 6.07) is 10.8. The number of hydrogen-bond donors (Lipinski definition) is 1. The van der Waals surface area contributed by atoms with Gasteiger partial charge in [-0.2, -0.15) is 0 Å². The van der Waals surface area contributed by atoms with Crippen LogP contribution in [0, 0.1) is 13.8 Å². The van der Waals surface area contributed by atoms with Crippen molar-refractivity contribution in [2.45, 2.75) is 33.2 Å². The first-order chi connectivity index (χ1) is 13.1. The van der Waals surface area contributed by atoms with E-state index < -0.39 is 10.0 Å². The van der Waals surface area contributed by atoms with E-state index in [1.165, 1.54) is 10.6 Å². The van der Waals surface area contributed by atoms with Gasteiger partial charge in [-0.1, -0.05) is 41.4 Å². The molecule has 0 unspecified atom stereocenters. The van der Waals surface area contributed by atoms with Crippen LogP contribution >= 0.6 is 23.2 Å². The van der Waals surface area contributed by atoms with Crippen LogP contribution in [0.4, 0.5) is 5.69 Å². The van der Waals surface area contributed by atoms with Crippen molar-refractivity contribution >= 4 is 44.8 Å². The minimum atomic E-state index is -3.45. The molecule has 0 bridgehead atoms. The maximum atomic E-state index is 12.2. The Hall–Kier alpha value is -1.76. The average molecular weight is 443 g/mol. The standard InChI is InChI=1S/C20H24Cl2N2O3S/c1-14-6-7-15(2)19(11-14)24(28(3,26)27)10-4-5-20(25)23-13-16-8-9-17(21)12-18(16)22/h6-9,11-12H,4-5,10,13H2,1-3H3,(H,23,25). The fourth-order valence-corrected chi connectivity index (χ4v) is 4.27. The highest BCUT2D eigenvalue weighted by Gasteiger charge is 2.19. The fraction of sp³-hybridized carbons (Fsp3) is 0.350. The summed E-state index contributed by atoms with van der Waals surface area (Å²) in [5, 5.41) is 3.82. The molecular formula is C20H24Cl2N2O3S. The molecule has 0 spiro atoms. The zero-order valence-electron chi connectivity index (χ0n) is 16.1. The summed E-state index contributed by atoms with van der Waals surface area (Å²) in [5.74, 6) is -0.166. The molecule has 0 saturated carbocycles. The second kappa shape index (κ2) is 9.63. The van der Waals surface area contributed by atoms with Gasteiger partial charge < -0.3 is 5.32 Å². The van der Waals surface area contributed by atoms with Crippen LogP contribution in [0.2, 0.25) is 10.0 Å². The van der Waals surface area contributed by atoms with E-state index in [0.29, 0.717) is 28.7 Å². The number of nitrogens with zero attached hydrogens (tertiary/aromatic N) is 1. The molecule has 0 saturated heterocycles. The van der Waals surface area contributed by atoms with Gasteiger partial charge in [-0.3, -0.25) is 9.10 Å². The molecule has 1 N–H and O–H groups in total. The highest BCUT2D eigenvalue weighted by Crippen LogP contribution is 2.24. The van der Waals surface area contributed by atoms with E-state index in [-0.39, 0.29) is 18.9 Å². The van der Waals surface area contributed by atoms with Gasteiger partial charge in [-0.15, -0.1) is 0 Å². The van der Waals surface area contributed by atoms with Gasteiger partial charge in [0.15, 0.2) is 0 Å². The number of aryl methyl sites for hydroxylation is 2. The van der Waals surface area contributed by atoms with E-state index in [2.05, 4.69) is 5.32 Å². The Kier molecular flexibility index (Phi) is 7.75. The third-order valence-electron chi connectivity index (χ3n) is 4.29. The third kappa shape index (κ3) is 6.40. The number of anilines is 1. The Morgan fingerprint density at radius 2 is 1.82 bits per heavy atom. The Labute approximate surface area is 176 Å². The summed E-state index contributed by atoms with van der Waals surface area (Å²) >= 11 is 12.0. The molecule has 0 aliphatic carbocycles. The maximum Gasteiger partial charge on any atom is 0.232 e. The molecule has 5 nitrogen and oxygen atoms in total. The van der Waals surface area contributed by atoms with Gasteiger partial charge in [0, 0.05) is 29.6 Å². The topological polar surface area (TPSA) is 66.5 Å². The molecule has 1 amide bonds. The van der Waals surface area contributed by atoms with E-state index in [9.17, 15) is 13.2 Å². The van der Waals surface area contributed by atoms with E-state index in [1.54, 1.807) is 18.2 Å². The van der Waals surface area contributed by atoms with Crippen molar-refractivity contribution in [3.63, 3.8) is 0 Å². The normalized spacial score (nSPS) is 11.3. The molecule has 8 heteroatoms. The van der Waals surface area contributed by atoms with Crippen molar-refractivity contribution in [2.75, 3.05) is 17.1 Å². The minimum absolute atomic E-state index is 0.166. The summed E-state index contributed by atoms with van der Waals surface area (Å²) in [4.78, 5) is 12.1. The number of rotatable bonds is 8. The smallest absolute Gasteiger partial charge is 0.232 e. The summed E-state index contributed by atoms with van der Waals surface area (Å²) < 4.78 is 25.9. The molecule has 2 aromatic carbocycles. The Balaban J connectivity index is 1.95. The molecule has 0 heterocycles. The van der Waals surface area contributed by atoms with Crippen LogP contribution in [0.5, 0.6) is 0 Å². The van der Waals surface area contributed by atoms with Gasteiger partial charge in [0.2, 0.25) is 15.9 Å². The number of amides is 1. The van der Waals surface area contributed by atoms with E-state index in [0.717, 1.165) is 16.7 Å². The maximum absolute atomic E-state index is 12.2. The number of sulfonamides is 1. The van der Waals surface area contributed by atoms with Crippen LogP contribution in [0.15, 0.2) is 36.4 Å². The lowest BCUT2D eigenvalue weighted by Crippen LogP contribution is -2.32. The predicted octanol–water partition coefficient (Wildman–Crippen LogP) is 4.47. The predicted molar refractivity (Wildman–Crippen MR) is 116 cm³/mol. The molecule has 0 fully saturated rings. The highest BCUT2D eigenvalue weighted by molar-refractivity contribution is 7.92. The second-order valence-electron chi connectivity index (χ2n) is 6.74. The minimum Gasteiger partial charge on any atom is -0.352 e. The van der Waals surface area contributed by atoms with Crippen molar-refractivity contribution in [3.8, 4) is 0 Å². The largest absolute Gasteiger partial charge is 0.352 e. The molecule has 28 heavy (non-hydrogen) atoms. The summed E-state index contributed by atoms with van der Waals surface area (Å²) in [6.07, 6.45) is 1.79. The van der Waals surface area contributed by atoms with Crippen LogP contribution in [0.3, 0.4) is 0 Å². The summed E-state index contributed by atoms with van der Waals surface area (Å²) in [5.41, 5.74) is 3.27. The number of benzene rings is 2. The van der Waals surface area contributed by atoms with Crippen molar-refractivity contribution in [3.05, 3.63) is 63.1 Å². The number of carbonyl (C=O) groups is 1. The van der Waals surface area contributed by atoms with Crippen LogP contribution in [-0.2, 0) is 21.4 Å². The Morgan fingerprint density at radius 1 is 1.11 bits per heavy atom. The van der Waals surface area contributed by atoms with Crippen LogP contribution < -0.4 is 9.62 Å². The average Bonchev–Trinajstić information content (AvgIpc) is 2.59. The van der Waals surface area contributed by atoms with Crippen molar-refractivity contribution < 1.29 is 13.2 Å². The Morgan fingerprint density at radius 3 is 2.46 bits per heavy atom. The SMILES string of the molecule is Cc1ccc(C)c(N(CCCC(=O)NCc2ccc(Cl)cc2Cl)S(C)(=O)=O)c1. The molecule has 0 aromatic heterocycles. The van der Waals surface area contributed by atoms with Crippen LogP contribution in [0.1, 0.15) is 29.5 Å². The first-order valence-corrected chi connectivity index (χ1v) is 11.4. The number of nitrogens with one attached hydrogen (secondary N) is 1. The highest BCUT2D eigenvalue weighted by atomic mass is 35.5. The van der Waals surface area contributed by atoms with Crippen molar-refractivity contribution in [1.82, 2.24) is 5.32 Å². The van der Waals surface area contributed by atoms with E-state index in [4.69, 9.17) is 23.2 Å². The molecule has 0 aliphatic rings. The fourth-order valence-electron chi connectivity index (χ4n) is 2.78. The first kappa shape index (κ1) is 22.5. The molecule has 0 aliphatic heterocycles. The molecule has 2 aromatic rings. The third-order valence-corrected chi connectivity index (χ3v) is 6.06. The monoisotopic (exact) mass is 442 g/mol. The van der Waals surface area contributed by atoms with E-state index in [1.807, 2.05) is 32.0 Å². The van der Waals surface area contributed by atoms with E-state index >= 15 is 0 Å². The lowest BCUT2D eigenvalue weighted by atomic mass is 10.1. The van der Waals surface area contributed by atoms with Crippen molar-refractivity contribution in [2.24, 2.45) is 0 Å². The summed E-state index contributed by atoms with van der Waals surface area (Å²) in [6.45, 7) is 4.31. The number of carbonyl (C=O) groups excluding carboxylic acids is 1. The zero-order chi connectivity index (χ0) is 20.9. The molecular weight excluding hydrogens is 419 g/mol. The second-order valence-corrected chi connectivity index (χ2v) is 9.49. The van der Waals surface area contributed by atoms with Gasteiger partial charge in [-0.05, 0) is 55.2 Å². The summed E-state index contributed by atoms with van der Waals surface area (Å²) in [7, 11) is -3.45. The molecule has 0 atom stereocenters. The first-order valence-electron chi connectivity index (χ1n) is 8.83. The Bertz CT molecular complexity index is 962. The molecule has 152 valence electrons. The van der Waals surface area contributed by atoms with Crippen LogP contribution in [0.25, 0.3) is 0 Å². The van der Waals surface area contributed by atoms with Gasteiger partial charge in [0.1, 0.15) is 0 Å². The molecule has 2 rings (SSSR count). The quantitative estimate of drug-likeness (QED) is 0.655. The number of halogens is 2. The van der Waals surface area contributed by atoms with Gasteiger partial charge >= 0.3 is 0 Å². The van der Waals surface area contributed by atoms with Gasteiger partial charge in [0.25, 0.3) is 0 Å². The van der Waals surface area contributed by atoms with Crippen molar-refractivity contribution in [1.29, 1.82) is 0 Å². The van der Waals surface area contributed by atoms with Crippen LogP contribution in [-0.4, -0.2) is 27.1 Å². The lowest BCUT2D eigenvalue weighted by molar-refractivity contribution is -0.121. The number of hydrogen-bond acceptors (Lipinski definition) is 3. The van der Waals surface area contributed by atoms with Gasteiger partial charge in [0.05, 0.1) is 11.9 Å². The van der Waals surface area contributed by atoms with Gasteiger partial charge in [-0.25, -0.2) is 8.42 Å². The molecule has 0 radical (unpaired) electrons. The lowest BCUT2D eigenvalue weighted by Gasteiger charge is -2.24.